The van der Waals surface area contributed by atoms with Crippen molar-refractivity contribution in [3.63, 3.8) is 0 Å². The molecular formula is C86H74IrLiN3O3S. The maximum atomic E-state index is 11.7. The van der Waals surface area contributed by atoms with Crippen LogP contribution in [0, 0.1) is 24.8 Å². The number of carbonyl (C=O) groups excluding carboxylic acids is 1. The van der Waals surface area contributed by atoms with Gasteiger partial charge in [-0.2, -0.15) is 0 Å². The van der Waals surface area contributed by atoms with Crippen LogP contribution < -0.4 is 29.0 Å². The summed E-state index contributed by atoms with van der Waals surface area (Å²) >= 11 is 1.83. The molecule has 15 aromatic rings. The van der Waals surface area contributed by atoms with Gasteiger partial charge in [0.1, 0.15) is 0 Å². The third kappa shape index (κ3) is 13.2. The van der Waals surface area contributed by atoms with Gasteiger partial charge in [0, 0.05) is 82.9 Å². The predicted molar refractivity (Wildman–Crippen MR) is 390 cm³/mol. The van der Waals surface area contributed by atoms with Crippen molar-refractivity contribution < 1.29 is 59.0 Å². The van der Waals surface area contributed by atoms with E-state index in [2.05, 4.69) is 231 Å². The van der Waals surface area contributed by atoms with Crippen LogP contribution in [0.1, 0.15) is 83.9 Å². The third-order valence-corrected chi connectivity index (χ3v) is 20.1. The minimum Gasteiger partial charge on any atom is -0.868 e. The van der Waals surface area contributed by atoms with Crippen LogP contribution in [0.5, 0.6) is 5.75 Å². The summed E-state index contributed by atoms with van der Waals surface area (Å²) in [5.41, 5.74) is 13.9. The van der Waals surface area contributed by atoms with Gasteiger partial charge >= 0.3 is 18.9 Å². The zero-order chi connectivity index (χ0) is 64.3. The van der Waals surface area contributed by atoms with Gasteiger partial charge in [0.15, 0.2) is 12.0 Å². The van der Waals surface area contributed by atoms with Crippen LogP contribution in [0.4, 0.5) is 0 Å². The molecule has 6 nitrogen and oxygen atoms in total. The number of fused-ring (bicyclic) bond motifs is 10. The van der Waals surface area contributed by atoms with E-state index < -0.39 is 0 Å². The smallest absolute Gasteiger partial charge is 0.868 e. The Morgan fingerprint density at radius 2 is 1.08 bits per heavy atom. The molecular weight excluding hydrogens is 1350 g/mol. The van der Waals surface area contributed by atoms with Crippen molar-refractivity contribution in [3.8, 4) is 50.5 Å². The van der Waals surface area contributed by atoms with Crippen LogP contribution in [0.3, 0.4) is 0 Å². The van der Waals surface area contributed by atoms with E-state index in [9.17, 15) is 15.0 Å². The number of aromatic nitrogens is 3. The first-order valence-electron chi connectivity index (χ1n) is 32.5. The van der Waals surface area contributed by atoms with Gasteiger partial charge < -0.3 is 15.2 Å². The fourth-order valence-corrected chi connectivity index (χ4v) is 15.0. The van der Waals surface area contributed by atoms with Crippen LogP contribution in [0.2, 0.25) is 0 Å². The number of pyridine rings is 3. The molecule has 0 atom stereocenters. The number of nitrogens with zero attached hydrogens (tertiary/aromatic N) is 2. The van der Waals surface area contributed by atoms with Crippen LogP contribution in [0.15, 0.2) is 255 Å². The van der Waals surface area contributed by atoms with Gasteiger partial charge in [0.25, 0.3) is 0 Å². The Morgan fingerprint density at radius 3 is 1.75 bits per heavy atom. The largest absolute Gasteiger partial charge is 1.00 e. The summed E-state index contributed by atoms with van der Waals surface area (Å²) in [6.45, 7) is 14.7. The number of hydrogen-bond acceptors (Lipinski definition) is 6. The molecule has 1 aliphatic rings. The number of aryl methyl sites for hydroxylation is 1. The number of carbonyl (C=O) groups is 1. The monoisotopic (exact) mass is 1430 g/mol. The minimum atomic E-state index is -0.00488. The summed E-state index contributed by atoms with van der Waals surface area (Å²) in [6.07, 6.45) is 10.5. The van der Waals surface area contributed by atoms with E-state index >= 15 is 0 Å². The zero-order valence-corrected chi connectivity index (χ0v) is 58.3. The van der Waals surface area contributed by atoms with Crippen LogP contribution >= 0.6 is 11.3 Å². The number of para-hydroxylation sites is 1. The predicted octanol–water partition coefficient (Wildman–Crippen LogP) is 19.3. The Labute approximate surface area is 586 Å². The fraction of sp³-hybridized carbons (Fsp3) is 0.163. The molecule has 1 aliphatic carbocycles. The molecule has 9 heteroatoms. The molecule has 0 spiro atoms. The van der Waals surface area contributed by atoms with E-state index in [0.717, 1.165) is 53.6 Å². The summed E-state index contributed by atoms with van der Waals surface area (Å²) in [6, 6.07) is 83.4. The van der Waals surface area contributed by atoms with Crippen LogP contribution in [-0.4, -0.2) is 20.9 Å². The van der Waals surface area contributed by atoms with Gasteiger partial charge in [-0.25, -0.2) is 4.98 Å². The molecule has 95 heavy (non-hydrogen) atoms. The van der Waals surface area contributed by atoms with Crippen molar-refractivity contribution in [1.82, 2.24) is 9.97 Å². The second kappa shape index (κ2) is 29.3. The molecule has 0 fully saturated rings. The minimum absolute atomic E-state index is 0. The number of aliphatic hydroxyl groups is 1. The summed E-state index contributed by atoms with van der Waals surface area (Å²) in [5.74, 6) is 0.592. The average molecular weight is 1430 g/mol. The number of aromatic amines is 1. The summed E-state index contributed by atoms with van der Waals surface area (Å²) in [4.78, 5) is 24.3. The summed E-state index contributed by atoms with van der Waals surface area (Å²) < 4.78 is 2.52. The maximum Gasteiger partial charge on any atom is 1.00 e. The quantitative estimate of drug-likeness (QED) is 0.0483. The van der Waals surface area contributed by atoms with Crippen molar-refractivity contribution in [2.24, 2.45) is 11.8 Å². The summed E-state index contributed by atoms with van der Waals surface area (Å²) in [7, 11) is 0. The fourth-order valence-electron chi connectivity index (χ4n) is 13.8. The number of H-pyrrole nitrogens is 1. The van der Waals surface area contributed by atoms with E-state index in [1.54, 1.807) is 18.3 Å². The number of aliphatic hydroxyl groups excluding tert-OH is 1. The second-order valence-electron chi connectivity index (χ2n) is 24.8. The van der Waals surface area contributed by atoms with Gasteiger partial charge in [-0.05, 0) is 173 Å². The van der Waals surface area contributed by atoms with Crippen molar-refractivity contribution in [2.75, 3.05) is 0 Å². The number of nitrogens with one attached hydrogen (secondary N) is 1. The van der Waals surface area contributed by atoms with E-state index in [-0.39, 0.29) is 73.5 Å². The number of ketones is 1. The molecule has 4 heterocycles. The van der Waals surface area contributed by atoms with Crippen LogP contribution in [-0.2, 0) is 30.3 Å². The van der Waals surface area contributed by atoms with Gasteiger partial charge in [0.05, 0.1) is 16.2 Å². The molecule has 11 aromatic carbocycles. The van der Waals surface area contributed by atoms with Gasteiger partial charge in [-0.3, -0.25) is 9.78 Å². The normalized spacial score (nSPS) is 12.2. The molecule has 467 valence electrons. The van der Waals surface area contributed by atoms with Crippen molar-refractivity contribution in [1.29, 1.82) is 0 Å². The SMILES string of the molecule is CCC(CC)C(=O)C=C(O)C(CC)CC.Cc1[c-]c2c(cc1)C(C)(C)c1cccc3ccnc-2c13.[Ir].[Li+].[O-]c1cccc2ccc[nH+]c12.c1ccc2cc(-c3c4ccccc4c(-c4ccc5ccccc5c4)c4cc(-c5nccc6c5sc5ccccc56)ccc34)ccc2c1. The molecule has 0 aliphatic heterocycles. The third-order valence-electron chi connectivity index (χ3n) is 18.9. The first-order valence-corrected chi connectivity index (χ1v) is 33.3. The Balaban J connectivity index is 0.000000157. The number of thiophene rings is 1. The van der Waals surface area contributed by atoms with E-state index in [1.807, 2.05) is 69.6 Å². The van der Waals surface area contributed by atoms with E-state index in [1.165, 1.54) is 119 Å². The Hall–Kier alpha value is -9.09. The molecule has 4 aromatic heterocycles. The number of benzene rings is 11. The Kier molecular flexibility index (Phi) is 20.7. The molecule has 1 radical (unpaired) electrons. The van der Waals surface area contributed by atoms with E-state index in [4.69, 9.17) is 4.98 Å². The summed E-state index contributed by atoms with van der Waals surface area (Å²) in [5, 5.41) is 37.0. The number of rotatable bonds is 10. The number of allylic oxidation sites excluding steroid dienone is 2. The molecule has 0 bridgehead atoms. The topological polar surface area (TPSA) is 100 Å². The van der Waals surface area contributed by atoms with Gasteiger partial charge in [-0.1, -0.05) is 206 Å². The molecule has 16 rings (SSSR count). The number of hydrogen-bond donors (Lipinski definition) is 1. The van der Waals surface area contributed by atoms with Crippen LogP contribution in [0.25, 0.3) is 130 Å². The molecule has 2 N–H and O–H groups in total. The first-order chi connectivity index (χ1) is 45.4. The first kappa shape index (κ1) is 67.3. The maximum absolute atomic E-state index is 11.7. The zero-order valence-electron chi connectivity index (χ0n) is 55.1. The Morgan fingerprint density at radius 1 is 0.537 bits per heavy atom. The standard InChI is InChI=1S/C45H27NS.C19H16N.C13H24O2.C9H7NO.Ir.Li/c1-3-11-30-25-32(19-17-28(30)9-1)42-36-14-5-6-15-37(36)43(33-20-18-29-10-2-4-12-31(29)26-33)40-27-34(21-22-38(40)42)44-45-39(23-24-46-44)35-13-7-8-16-41(35)47-45;1-12-7-8-15-14(11-12)18-17-13(9-10-20-18)5-4-6-16(17)19(15,2)3;1-5-10(6-2)12(14)9-13(15)11(7-3)8-4;11-8-5-1-3-7-4-2-6-10-9(7)8;;/h1-27H;4-10H,1-3H3;9-11,14H,5-8H2,1-4H3;1-6,11H;;/q;-1;;;;+1. The second-order valence-corrected chi connectivity index (χ2v) is 25.9. The van der Waals surface area contributed by atoms with Gasteiger partial charge in [0.2, 0.25) is 5.52 Å². The average Bonchev–Trinajstić information content (AvgIpc) is 1.30. The van der Waals surface area contributed by atoms with Crippen molar-refractivity contribution in [3.05, 3.63) is 278 Å². The van der Waals surface area contributed by atoms with Gasteiger partial charge in [-0.15, -0.1) is 46.2 Å². The van der Waals surface area contributed by atoms with Crippen molar-refractivity contribution in [2.45, 2.75) is 79.6 Å². The van der Waals surface area contributed by atoms with E-state index in [0.29, 0.717) is 5.52 Å². The van der Waals surface area contributed by atoms with Crippen molar-refractivity contribution >= 4 is 102 Å². The molecule has 0 amide bonds. The molecule has 0 unspecified atom stereocenters. The molecule has 0 saturated heterocycles. The Bertz CT molecular complexity index is 5350. The molecule has 0 saturated carbocycles.